The maximum absolute atomic E-state index is 14.6. The number of fused-ring (bicyclic) bond motifs is 1. The molecule has 7 heteroatoms. The normalized spacial score (nSPS) is 24.3. The highest BCUT2D eigenvalue weighted by Gasteiger charge is 2.48. The number of hydrogen-bond donors (Lipinski definition) is 0. The molecule has 2 saturated heterocycles. The lowest BCUT2D eigenvalue weighted by Crippen LogP contribution is -2.55. The van der Waals surface area contributed by atoms with Crippen LogP contribution < -0.4 is 4.90 Å². The smallest absolute Gasteiger partial charge is 0.254 e. The van der Waals surface area contributed by atoms with Gasteiger partial charge in [0, 0.05) is 43.3 Å². The Hall–Kier alpha value is -3.22. The monoisotopic (exact) mass is 477 g/mol. The summed E-state index contributed by atoms with van der Waals surface area (Å²) in [7, 11) is 0. The third kappa shape index (κ3) is 4.56. The van der Waals surface area contributed by atoms with Crippen molar-refractivity contribution >= 4 is 23.3 Å². The fourth-order valence-electron chi connectivity index (χ4n) is 6.06. The molecule has 2 aromatic carbocycles. The van der Waals surface area contributed by atoms with Gasteiger partial charge >= 0.3 is 0 Å². The van der Waals surface area contributed by atoms with E-state index in [4.69, 9.17) is 0 Å². The van der Waals surface area contributed by atoms with Crippen LogP contribution in [-0.2, 0) is 4.79 Å². The van der Waals surface area contributed by atoms with E-state index in [9.17, 15) is 18.8 Å². The maximum atomic E-state index is 14.6. The molecule has 3 fully saturated rings. The second-order valence-corrected chi connectivity index (χ2v) is 9.98. The first-order chi connectivity index (χ1) is 16.9. The van der Waals surface area contributed by atoms with Gasteiger partial charge in [0.15, 0.2) is 5.78 Å². The van der Waals surface area contributed by atoms with Crippen molar-refractivity contribution in [2.75, 3.05) is 31.1 Å². The molecule has 5 rings (SSSR count). The zero-order valence-electron chi connectivity index (χ0n) is 20.2. The number of piperazine rings is 1. The van der Waals surface area contributed by atoms with E-state index in [0.717, 1.165) is 32.1 Å². The summed E-state index contributed by atoms with van der Waals surface area (Å²) >= 11 is 0. The molecule has 2 heterocycles. The average Bonchev–Trinajstić information content (AvgIpc) is 3.28. The van der Waals surface area contributed by atoms with E-state index in [1.165, 1.54) is 13.0 Å². The van der Waals surface area contributed by atoms with Crippen molar-refractivity contribution in [1.82, 2.24) is 9.80 Å². The Labute approximate surface area is 205 Å². The molecular formula is C28H32FN3O3. The zero-order chi connectivity index (χ0) is 24.5. The molecule has 0 N–H and O–H groups in total. The Morgan fingerprint density at radius 1 is 0.886 bits per heavy atom. The Morgan fingerprint density at radius 3 is 2.29 bits per heavy atom. The van der Waals surface area contributed by atoms with Gasteiger partial charge in [-0.2, -0.15) is 0 Å². The molecule has 3 unspecified atom stereocenters. The van der Waals surface area contributed by atoms with Crippen LogP contribution in [0.2, 0.25) is 0 Å². The highest BCUT2D eigenvalue weighted by molar-refractivity contribution is 5.98. The van der Waals surface area contributed by atoms with Crippen molar-refractivity contribution in [3.63, 3.8) is 0 Å². The fourth-order valence-corrected chi connectivity index (χ4v) is 6.06. The first-order valence-electron chi connectivity index (χ1n) is 12.7. The van der Waals surface area contributed by atoms with Crippen LogP contribution in [0.3, 0.4) is 0 Å². The number of anilines is 1. The highest BCUT2D eigenvalue weighted by atomic mass is 19.1. The topological polar surface area (TPSA) is 60.9 Å². The molecule has 0 bridgehead atoms. The predicted molar refractivity (Wildman–Crippen MR) is 132 cm³/mol. The summed E-state index contributed by atoms with van der Waals surface area (Å²) in [6, 6.07) is 13.5. The van der Waals surface area contributed by atoms with Crippen LogP contribution in [0, 0.1) is 11.7 Å². The Morgan fingerprint density at radius 2 is 1.60 bits per heavy atom. The van der Waals surface area contributed by atoms with E-state index in [-0.39, 0.29) is 23.6 Å². The van der Waals surface area contributed by atoms with Gasteiger partial charge in [-0.25, -0.2) is 4.39 Å². The first-order valence-corrected chi connectivity index (χ1v) is 12.7. The molecule has 0 radical (unpaired) electrons. The predicted octanol–water partition coefficient (Wildman–Crippen LogP) is 4.15. The number of halogens is 1. The molecule has 1 saturated carbocycles. The Kier molecular flexibility index (Phi) is 6.58. The van der Waals surface area contributed by atoms with E-state index < -0.39 is 11.9 Å². The quantitative estimate of drug-likeness (QED) is 0.621. The molecule has 3 atom stereocenters. The van der Waals surface area contributed by atoms with Gasteiger partial charge in [-0.1, -0.05) is 31.0 Å². The summed E-state index contributed by atoms with van der Waals surface area (Å²) in [5.74, 6) is -0.254. The second-order valence-electron chi connectivity index (χ2n) is 9.98. The first kappa shape index (κ1) is 23.5. The maximum Gasteiger partial charge on any atom is 0.254 e. The summed E-state index contributed by atoms with van der Waals surface area (Å²) in [6.45, 7) is 3.39. The van der Waals surface area contributed by atoms with E-state index >= 15 is 0 Å². The molecule has 2 amide bonds. The van der Waals surface area contributed by atoms with E-state index in [1.54, 1.807) is 12.1 Å². The highest BCUT2D eigenvalue weighted by Crippen LogP contribution is 2.41. The lowest BCUT2D eigenvalue weighted by atomic mass is 9.84. The summed E-state index contributed by atoms with van der Waals surface area (Å²) < 4.78 is 14.6. The SMILES string of the molecule is CC(=O)c1ccc(N2CCN(C(=O)C3CC4CCCCC4N3C(=O)c3ccccc3)CC2)c(F)c1. The van der Waals surface area contributed by atoms with Crippen LogP contribution in [0.25, 0.3) is 0 Å². The standard InChI is InChI=1S/C28H32FN3O3/c1-19(33)21-11-12-25(23(29)17-21)30-13-15-31(16-14-30)28(35)26-18-22-9-5-6-10-24(22)32(26)27(34)20-7-3-2-4-8-20/h2-4,7-8,11-12,17,22,24,26H,5-6,9-10,13-16,18H2,1H3. The van der Waals surface area contributed by atoms with Crippen molar-refractivity contribution in [1.29, 1.82) is 0 Å². The third-order valence-electron chi connectivity index (χ3n) is 7.91. The molecule has 2 aliphatic heterocycles. The molecule has 1 aliphatic carbocycles. The van der Waals surface area contributed by atoms with Crippen molar-refractivity contribution in [2.45, 2.75) is 51.1 Å². The van der Waals surface area contributed by atoms with E-state index in [2.05, 4.69) is 0 Å². The van der Waals surface area contributed by atoms with Crippen LogP contribution in [-0.4, -0.2) is 65.7 Å². The number of carbonyl (C=O) groups is 3. The molecule has 2 aromatic rings. The lowest BCUT2D eigenvalue weighted by Gasteiger charge is -2.39. The summed E-state index contributed by atoms with van der Waals surface area (Å²) in [4.78, 5) is 44.4. The minimum absolute atomic E-state index is 0.00994. The number of ketones is 1. The van der Waals surface area contributed by atoms with Crippen molar-refractivity contribution in [3.05, 3.63) is 65.5 Å². The number of benzene rings is 2. The minimum atomic E-state index is -0.436. The molecule has 35 heavy (non-hydrogen) atoms. The van der Waals surface area contributed by atoms with Crippen LogP contribution in [0.4, 0.5) is 10.1 Å². The molecule has 0 aromatic heterocycles. The molecule has 184 valence electrons. The van der Waals surface area contributed by atoms with Gasteiger partial charge < -0.3 is 14.7 Å². The number of nitrogens with zero attached hydrogens (tertiary/aromatic N) is 3. The van der Waals surface area contributed by atoms with Gasteiger partial charge in [-0.3, -0.25) is 14.4 Å². The number of amides is 2. The van der Waals surface area contributed by atoms with E-state index in [0.29, 0.717) is 48.9 Å². The van der Waals surface area contributed by atoms with Crippen LogP contribution in [0.1, 0.15) is 59.7 Å². The number of Topliss-reactive ketones (excluding diaryl/α,β-unsaturated/α-hetero) is 1. The van der Waals surface area contributed by atoms with Crippen LogP contribution in [0.5, 0.6) is 0 Å². The van der Waals surface area contributed by atoms with Gasteiger partial charge in [0.1, 0.15) is 11.9 Å². The average molecular weight is 478 g/mol. The zero-order valence-corrected chi connectivity index (χ0v) is 20.2. The van der Waals surface area contributed by atoms with Crippen LogP contribution >= 0.6 is 0 Å². The number of carbonyl (C=O) groups excluding carboxylic acids is 3. The summed E-state index contributed by atoms with van der Waals surface area (Å²) in [5, 5.41) is 0. The molecule has 0 spiro atoms. The molecule has 3 aliphatic rings. The van der Waals surface area contributed by atoms with Crippen molar-refractivity contribution in [2.24, 2.45) is 5.92 Å². The minimum Gasteiger partial charge on any atom is -0.366 e. The van der Waals surface area contributed by atoms with Crippen LogP contribution in [0.15, 0.2) is 48.5 Å². The number of likely N-dealkylation sites (tertiary alicyclic amines) is 1. The van der Waals surface area contributed by atoms with Gasteiger partial charge in [0.2, 0.25) is 5.91 Å². The largest absolute Gasteiger partial charge is 0.366 e. The third-order valence-corrected chi connectivity index (χ3v) is 7.91. The van der Waals surface area contributed by atoms with Gasteiger partial charge in [0.05, 0.1) is 5.69 Å². The molecular weight excluding hydrogens is 445 g/mol. The fraction of sp³-hybridized carbons (Fsp3) is 0.464. The molecule has 6 nitrogen and oxygen atoms in total. The van der Waals surface area contributed by atoms with E-state index in [1.807, 2.05) is 45.0 Å². The van der Waals surface area contributed by atoms with Crippen molar-refractivity contribution < 1.29 is 18.8 Å². The Balaban J connectivity index is 1.30. The van der Waals surface area contributed by atoms with Gasteiger partial charge in [0.25, 0.3) is 5.91 Å². The summed E-state index contributed by atoms with van der Waals surface area (Å²) in [6.07, 6.45) is 4.99. The number of rotatable bonds is 4. The second kappa shape index (κ2) is 9.80. The van der Waals surface area contributed by atoms with Crippen molar-refractivity contribution in [3.8, 4) is 0 Å². The summed E-state index contributed by atoms with van der Waals surface area (Å²) in [5.41, 5.74) is 1.44. The number of hydrogen-bond acceptors (Lipinski definition) is 4. The van der Waals surface area contributed by atoms with Gasteiger partial charge in [-0.05, 0) is 62.4 Å². The lowest BCUT2D eigenvalue weighted by molar-refractivity contribution is -0.136. The Bertz CT molecular complexity index is 1110. The van der Waals surface area contributed by atoms with Gasteiger partial charge in [-0.15, -0.1) is 0 Å².